The number of ether oxygens (including phenoxy) is 2. The molecule has 4 rings (SSSR count). The number of nitrogens with one attached hydrogen (secondary N) is 1. The standard InChI is InChI=1S/C28H28N2O4/c1-17(2)34-21-13-11-20(12-14-21)30-27(31)25(22-15-10-18(3)16-19(22)4)26(28(30)32)29-23-8-6-7-9-24(23)33-5/h6-17,29H,1-5H3. The van der Waals surface area contributed by atoms with Crippen LogP contribution in [0.1, 0.15) is 30.5 Å². The fourth-order valence-corrected chi connectivity index (χ4v) is 4.05. The number of nitrogens with zero attached hydrogens (tertiary/aromatic N) is 1. The summed E-state index contributed by atoms with van der Waals surface area (Å²) in [5.74, 6) is 0.437. The topological polar surface area (TPSA) is 67.9 Å². The predicted molar refractivity (Wildman–Crippen MR) is 134 cm³/mol. The van der Waals surface area contributed by atoms with Gasteiger partial charge in [0.15, 0.2) is 0 Å². The quantitative estimate of drug-likeness (QED) is 0.476. The molecule has 0 radical (unpaired) electrons. The second kappa shape index (κ2) is 9.43. The second-order valence-corrected chi connectivity index (χ2v) is 8.50. The fraction of sp³-hybridized carbons (Fsp3) is 0.214. The van der Waals surface area contributed by atoms with Crippen molar-refractivity contribution < 1.29 is 19.1 Å². The van der Waals surface area contributed by atoms with Gasteiger partial charge in [0.2, 0.25) is 0 Å². The molecule has 34 heavy (non-hydrogen) atoms. The minimum atomic E-state index is -0.427. The normalized spacial score (nSPS) is 13.6. The van der Waals surface area contributed by atoms with Crippen molar-refractivity contribution in [1.29, 1.82) is 0 Å². The highest BCUT2D eigenvalue weighted by Crippen LogP contribution is 2.37. The molecule has 0 saturated carbocycles. The van der Waals surface area contributed by atoms with Gasteiger partial charge in [-0.05, 0) is 75.2 Å². The van der Waals surface area contributed by atoms with Gasteiger partial charge < -0.3 is 14.8 Å². The first-order valence-corrected chi connectivity index (χ1v) is 11.2. The third-order valence-electron chi connectivity index (χ3n) is 5.57. The Labute approximate surface area is 199 Å². The fourth-order valence-electron chi connectivity index (χ4n) is 4.05. The zero-order valence-electron chi connectivity index (χ0n) is 20.0. The molecular weight excluding hydrogens is 428 g/mol. The van der Waals surface area contributed by atoms with E-state index < -0.39 is 5.91 Å². The van der Waals surface area contributed by atoms with Crippen LogP contribution in [0.2, 0.25) is 0 Å². The summed E-state index contributed by atoms with van der Waals surface area (Å²) in [5, 5.41) is 3.19. The van der Waals surface area contributed by atoms with Gasteiger partial charge in [0.05, 0.1) is 30.2 Å². The smallest absolute Gasteiger partial charge is 0.282 e. The second-order valence-electron chi connectivity index (χ2n) is 8.50. The Kier molecular flexibility index (Phi) is 6.41. The van der Waals surface area contributed by atoms with Gasteiger partial charge in [-0.1, -0.05) is 35.9 Å². The molecule has 1 heterocycles. The third-order valence-corrected chi connectivity index (χ3v) is 5.57. The molecular formula is C28H28N2O4. The van der Waals surface area contributed by atoms with Gasteiger partial charge in [-0.2, -0.15) is 0 Å². The van der Waals surface area contributed by atoms with Crippen LogP contribution in [0.15, 0.2) is 72.4 Å². The summed E-state index contributed by atoms with van der Waals surface area (Å²) in [6.07, 6.45) is 0.0235. The predicted octanol–water partition coefficient (Wildman–Crippen LogP) is 5.50. The molecule has 0 aromatic heterocycles. The van der Waals surface area contributed by atoms with E-state index in [0.717, 1.165) is 11.1 Å². The summed E-state index contributed by atoms with van der Waals surface area (Å²) >= 11 is 0. The Balaban J connectivity index is 1.80. The van der Waals surface area contributed by atoms with E-state index in [2.05, 4.69) is 5.32 Å². The van der Waals surface area contributed by atoms with E-state index in [1.807, 2.05) is 64.1 Å². The monoisotopic (exact) mass is 456 g/mol. The lowest BCUT2D eigenvalue weighted by atomic mass is 9.97. The van der Waals surface area contributed by atoms with Crippen molar-refractivity contribution in [3.8, 4) is 11.5 Å². The number of carbonyl (C=O) groups excluding carboxylic acids is 2. The van der Waals surface area contributed by atoms with E-state index >= 15 is 0 Å². The molecule has 1 N–H and O–H groups in total. The van der Waals surface area contributed by atoms with E-state index in [-0.39, 0.29) is 17.7 Å². The summed E-state index contributed by atoms with van der Waals surface area (Å²) in [4.78, 5) is 28.6. The van der Waals surface area contributed by atoms with Crippen molar-refractivity contribution in [2.24, 2.45) is 0 Å². The molecule has 0 unspecified atom stereocenters. The lowest BCUT2D eigenvalue weighted by Crippen LogP contribution is -2.32. The van der Waals surface area contributed by atoms with Crippen molar-refractivity contribution in [3.63, 3.8) is 0 Å². The summed E-state index contributed by atoms with van der Waals surface area (Å²) in [6, 6.07) is 20.1. The Bertz CT molecular complexity index is 1280. The maximum atomic E-state index is 13.7. The molecule has 3 aromatic carbocycles. The summed E-state index contributed by atoms with van der Waals surface area (Å²) in [5.41, 5.74) is 4.33. The highest BCUT2D eigenvalue weighted by Gasteiger charge is 2.41. The molecule has 0 fully saturated rings. The third kappa shape index (κ3) is 4.39. The van der Waals surface area contributed by atoms with Crippen molar-refractivity contribution in [1.82, 2.24) is 0 Å². The summed E-state index contributed by atoms with van der Waals surface area (Å²) in [7, 11) is 1.56. The van der Waals surface area contributed by atoms with Crippen molar-refractivity contribution in [3.05, 3.63) is 89.1 Å². The lowest BCUT2D eigenvalue weighted by molar-refractivity contribution is -0.120. The van der Waals surface area contributed by atoms with Crippen LogP contribution in [0.25, 0.3) is 5.57 Å². The van der Waals surface area contributed by atoms with Crippen LogP contribution < -0.4 is 19.7 Å². The number of methoxy groups -OCH3 is 1. The van der Waals surface area contributed by atoms with Gasteiger partial charge in [-0.25, -0.2) is 4.90 Å². The SMILES string of the molecule is COc1ccccc1NC1=C(c2ccc(C)cc2C)C(=O)N(c2ccc(OC(C)C)cc2)C1=O. The first kappa shape index (κ1) is 23.1. The minimum absolute atomic E-state index is 0.0235. The molecule has 1 aliphatic heterocycles. The number of aryl methyl sites for hydroxylation is 2. The van der Waals surface area contributed by atoms with Gasteiger partial charge in [0.25, 0.3) is 11.8 Å². The number of benzene rings is 3. The first-order chi connectivity index (χ1) is 16.3. The van der Waals surface area contributed by atoms with Crippen LogP contribution in [-0.4, -0.2) is 25.0 Å². The highest BCUT2D eigenvalue weighted by molar-refractivity contribution is 6.46. The number of carbonyl (C=O) groups is 2. The minimum Gasteiger partial charge on any atom is -0.495 e. The lowest BCUT2D eigenvalue weighted by Gasteiger charge is -2.17. The van der Waals surface area contributed by atoms with E-state index in [4.69, 9.17) is 9.47 Å². The average Bonchev–Trinajstić information content (AvgIpc) is 3.04. The van der Waals surface area contributed by atoms with Crippen LogP contribution in [0, 0.1) is 13.8 Å². The van der Waals surface area contributed by atoms with Gasteiger partial charge in [-0.3, -0.25) is 9.59 Å². The molecule has 1 aliphatic rings. The molecule has 2 amide bonds. The molecule has 0 bridgehead atoms. The van der Waals surface area contributed by atoms with E-state index in [0.29, 0.717) is 34.0 Å². The molecule has 0 spiro atoms. The van der Waals surface area contributed by atoms with E-state index in [1.165, 1.54) is 4.90 Å². The number of amides is 2. The zero-order chi connectivity index (χ0) is 24.4. The molecule has 174 valence electrons. The summed E-state index contributed by atoms with van der Waals surface area (Å²) in [6.45, 7) is 7.82. The Morgan fingerprint density at radius 1 is 0.882 bits per heavy atom. The molecule has 0 aliphatic carbocycles. The number of rotatable bonds is 7. The number of anilines is 2. The van der Waals surface area contributed by atoms with Crippen LogP contribution in [0.3, 0.4) is 0 Å². The highest BCUT2D eigenvalue weighted by atomic mass is 16.5. The maximum absolute atomic E-state index is 13.7. The number of hydrogen-bond donors (Lipinski definition) is 1. The van der Waals surface area contributed by atoms with Crippen molar-refractivity contribution in [2.45, 2.75) is 33.8 Å². The first-order valence-electron chi connectivity index (χ1n) is 11.2. The number of para-hydroxylation sites is 2. The van der Waals surface area contributed by atoms with E-state index in [9.17, 15) is 9.59 Å². The number of hydrogen-bond acceptors (Lipinski definition) is 5. The molecule has 0 saturated heterocycles. The van der Waals surface area contributed by atoms with Crippen LogP contribution in [0.4, 0.5) is 11.4 Å². The molecule has 6 heteroatoms. The van der Waals surface area contributed by atoms with Gasteiger partial charge >= 0.3 is 0 Å². The van der Waals surface area contributed by atoms with Crippen LogP contribution in [0.5, 0.6) is 11.5 Å². The Morgan fingerprint density at radius 2 is 1.59 bits per heavy atom. The van der Waals surface area contributed by atoms with Gasteiger partial charge in [0.1, 0.15) is 17.2 Å². The average molecular weight is 457 g/mol. The molecule has 3 aromatic rings. The maximum Gasteiger partial charge on any atom is 0.282 e. The van der Waals surface area contributed by atoms with E-state index in [1.54, 1.807) is 37.4 Å². The Morgan fingerprint density at radius 3 is 2.24 bits per heavy atom. The van der Waals surface area contributed by atoms with Crippen LogP contribution >= 0.6 is 0 Å². The Hall–Kier alpha value is -4.06. The molecule has 6 nitrogen and oxygen atoms in total. The number of imide groups is 1. The molecule has 0 atom stereocenters. The summed E-state index contributed by atoms with van der Waals surface area (Å²) < 4.78 is 11.1. The van der Waals surface area contributed by atoms with Crippen LogP contribution in [-0.2, 0) is 9.59 Å². The largest absolute Gasteiger partial charge is 0.495 e. The van der Waals surface area contributed by atoms with Gasteiger partial charge in [-0.15, -0.1) is 0 Å². The van der Waals surface area contributed by atoms with Crippen molar-refractivity contribution in [2.75, 3.05) is 17.3 Å². The van der Waals surface area contributed by atoms with Crippen molar-refractivity contribution >= 4 is 28.8 Å². The van der Waals surface area contributed by atoms with Gasteiger partial charge in [0, 0.05) is 0 Å². The zero-order valence-corrected chi connectivity index (χ0v) is 20.0.